The normalized spacial score (nSPS) is 15.6. The summed E-state index contributed by atoms with van der Waals surface area (Å²) in [5, 5.41) is 10.2. The van der Waals surface area contributed by atoms with Crippen molar-refractivity contribution in [1.29, 1.82) is 0 Å². The molecule has 0 aromatic heterocycles. The molecule has 0 saturated heterocycles. The van der Waals surface area contributed by atoms with E-state index >= 15 is 0 Å². The average Bonchev–Trinajstić information content (AvgIpc) is 1.27. The first-order valence-electron chi connectivity index (χ1n) is 1.81. The molecule has 0 saturated carbocycles. The molecule has 0 aliphatic carbocycles. The molecule has 0 rings (SSSR count). The summed E-state index contributed by atoms with van der Waals surface area (Å²) in [4.78, 5) is 0. The molecule has 1 atom stereocenters. The van der Waals surface area contributed by atoms with Crippen LogP contribution in [0, 0.1) is 5.21 Å². The summed E-state index contributed by atoms with van der Waals surface area (Å²) in [5.74, 6) is 0. The molecule has 0 amide bonds. The first-order chi connectivity index (χ1) is 3.13. The van der Waals surface area contributed by atoms with Gasteiger partial charge in [0.15, 0.2) is 0 Å². The Morgan fingerprint density at radius 1 is 1.86 bits per heavy atom. The molecular formula is C3H7I2NO-2. The number of rotatable bonds is 2. The Morgan fingerprint density at radius 3 is 2.29 bits per heavy atom. The van der Waals surface area contributed by atoms with E-state index in [-0.39, 0.29) is 21.5 Å². The Kier molecular flexibility index (Phi) is 5.12. The third kappa shape index (κ3) is 7.38. The van der Waals surface area contributed by atoms with E-state index in [1.54, 1.807) is 7.05 Å². The fourth-order valence-electron chi connectivity index (χ4n) is 0.189. The van der Waals surface area contributed by atoms with Crippen LogP contribution in [0.3, 0.4) is 0 Å². The summed E-state index contributed by atoms with van der Waals surface area (Å²) >= 11 is 2.03. The van der Waals surface area contributed by atoms with Crippen molar-refractivity contribution in [2.45, 2.75) is 8.86 Å². The summed E-state index contributed by atoms with van der Waals surface area (Å²) in [6.45, 7) is 2.06. The predicted octanol–water partition coefficient (Wildman–Crippen LogP) is -1.80. The Balaban J connectivity index is 2.95. The van der Waals surface area contributed by atoms with E-state index in [0.29, 0.717) is 1.93 Å². The molecule has 0 aliphatic rings. The molecule has 0 heterocycles. The molecule has 0 spiro atoms. The molecular weight excluding hydrogens is 320 g/mol. The fraction of sp³-hybridized carbons (Fsp3) is 1.00. The van der Waals surface area contributed by atoms with Gasteiger partial charge in [-0.2, -0.15) is 0 Å². The summed E-state index contributed by atoms with van der Waals surface area (Å²) in [7, 11) is 1.59. The van der Waals surface area contributed by atoms with Gasteiger partial charge in [-0.25, -0.2) is 0 Å². The van der Waals surface area contributed by atoms with E-state index in [4.69, 9.17) is 0 Å². The van der Waals surface area contributed by atoms with Gasteiger partial charge in [-0.15, -0.1) is 0 Å². The minimum absolute atomic E-state index is 0.230. The molecule has 0 aliphatic heterocycles. The predicted molar refractivity (Wildman–Crippen MR) is 34.6 cm³/mol. The van der Waals surface area contributed by atoms with Crippen LogP contribution in [0.1, 0.15) is 6.92 Å². The molecule has 2 nitrogen and oxygen atoms in total. The van der Waals surface area contributed by atoms with Gasteiger partial charge < -0.3 is 0 Å². The van der Waals surface area contributed by atoms with Crippen molar-refractivity contribution < 1.29 is 21.5 Å². The van der Waals surface area contributed by atoms with E-state index in [1.165, 1.54) is 0 Å². The molecule has 0 fully saturated rings. The summed E-state index contributed by atoms with van der Waals surface area (Å²) in [6.07, 6.45) is 0. The van der Waals surface area contributed by atoms with Crippen LogP contribution >= 0.6 is 22.6 Å². The zero-order valence-electron chi connectivity index (χ0n) is 4.19. The van der Waals surface area contributed by atoms with Crippen LogP contribution in [0.5, 0.6) is 0 Å². The molecule has 0 N–H and O–H groups in total. The maximum absolute atomic E-state index is 10.2. The molecule has 7 heavy (non-hydrogen) atoms. The molecule has 0 aromatic carbocycles. The first-order valence-corrected chi connectivity index (χ1v) is 5.27. The summed E-state index contributed by atoms with van der Waals surface area (Å²) < 4.78 is 1.62. The number of hydrogen-bond acceptors (Lipinski definition) is 2. The van der Waals surface area contributed by atoms with E-state index < -0.39 is 0 Å². The third-order valence-corrected chi connectivity index (χ3v) is 3.24. The van der Waals surface area contributed by atoms with Gasteiger partial charge in [0.2, 0.25) is 0 Å². The number of nitrogens with zero attached hydrogens (tertiary/aromatic N) is 1. The van der Waals surface area contributed by atoms with Crippen molar-refractivity contribution in [3.05, 3.63) is 5.21 Å². The molecule has 4 heteroatoms. The number of halogens is 2. The van der Waals surface area contributed by atoms with Crippen molar-refractivity contribution in [2.24, 2.45) is 0 Å². The third-order valence-electron chi connectivity index (χ3n) is 0.272. The molecule has 1 unspecified atom stereocenters. The minimum atomic E-state index is -0.230. The van der Waals surface area contributed by atoms with Gasteiger partial charge in [-0.3, -0.25) is 0 Å². The topological polar surface area (TPSA) is 26.3 Å². The van der Waals surface area contributed by atoms with Crippen molar-refractivity contribution in [3.8, 4) is 0 Å². The van der Waals surface area contributed by atoms with Gasteiger partial charge in [0.05, 0.1) is 0 Å². The van der Waals surface area contributed by atoms with Crippen LogP contribution in [0.4, 0.5) is 0 Å². The van der Waals surface area contributed by atoms with Crippen LogP contribution in [0.2, 0.25) is 0 Å². The van der Waals surface area contributed by atoms with Crippen molar-refractivity contribution >= 4 is 22.6 Å². The fourth-order valence-corrected chi connectivity index (χ4v) is 3.26. The molecule has 0 aromatic rings. The van der Waals surface area contributed by atoms with E-state index in [2.05, 4.69) is 29.5 Å². The summed E-state index contributed by atoms with van der Waals surface area (Å²) in [6, 6.07) is 0. The Hall–Kier alpha value is 1.38. The van der Waals surface area contributed by atoms with Gasteiger partial charge in [-0.1, -0.05) is 0 Å². The molecule has 0 radical (unpaired) electrons. The van der Waals surface area contributed by atoms with Crippen LogP contribution in [-0.2, 0) is 0 Å². The van der Waals surface area contributed by atoms with Crippen LogP contribution in [0.25, 0.3) is 0 Å². The zero-order chi connectivity index (χ0) is 5.86. The second-order valence-electron chi connectivity index (χ2n) is 1.04. The van der Waals surface area contributed by atoms with Gasteiger partial charge >= 0.3 is 68.5 Å². The van der Waals surface area contributed by atoms with E-state index in [1.807, 2.05) is 0 Å². The van der Waals surface area contributed by atoms with E-state index in [9.17, 15) is 5.21 Å². The Bertz CT molecular complexity index is 42.2. The van der Waals surface area contributed by atoms with Gasteiger partial charge in [0.25, 0.3) is 0 Å². The Morgan fingerprint density at radius 2 is 2.29 bits per heavy atom. The zero-order valence-corrected chi connectivity index (χ0v) is 8.50. The van der Waals surface area contributed by atoms with Crippen LogP contribution < -0.4 is 21.5 Å². The van der Waals surface area contributed by atoms with Gasteiger partial charge in [-0.05, 0) is 0 Å². The van der Waals surface area contributed by atoms with Crippen LogP contribution in [0.15, 0.2) is 0 Å². The van der Waals surface area contributed by atoms with E-state index in [0.717, 1.165) is 3.28 Å². The van der Waals surface area contributed by atoms with Crippen molar-refractivity contribution in [3.63, 3.8) is 0 Å². The quantitative estimate of drug-likeness (QED) is 0.259. The second kappa shape index (κ2) is 4.28. The monoisotopic (exact) mass is 327 g/mol. The maximum atomic E-state index is 10.2. The number of hydroxylamine groups is 1. The first kappa shape index (κ1) is 8.38. The summed E-state index contributed by atoms with van der Waals surface area (Å²) in [5.41, 5.74) is 0. The Labute approximate surface area is 68.0 Å². The van der Waals surface area contributed by atoms with Gasteiger partial charge in [0, 0.05) is 0 Å². The average molecular weight is 327 g/mol. The van der Waals surface area contributed by atoms with Crippen molar-refractivity contribution in [1.82, 2.24) is 3.28 Å². The molecule has 46 valence electrons. The number of alkyl halides is 2. The van der Waals surface area contributed by atoms with Gasteiger partial charge in [0.1, 0.15) is 0 Å². The second-order valence-corrected chi connectivity index (χ2v) is 9.07. The van der Waals surface area contributed by atoms with Crippen molar-refractivity contribution in [2.75, 3.05) is 7.05 Å². The number of hydrogen-bond donors (Lipinski definition) is 0. The van der Waals surface area contributed by atoms with Crippen LogP contribution in [-0.4, -0.2) is 12.3 Å². The standard InChI is InChI=1S/C3H7I2NO/c1-3(4)5-6(2)7/h3H,1-2H3/q-2. The SMILES string of the molecule is CC(I)[I-]N(C)[O-]. The molecule has 0 bridgehead atoms.